The van der Waals surface area contributed by atoms with Crippen molar-refractivity contribution in [3.8, 4) is 17.3 Å². The highest BCUT2D eigenvalue weighted by atomic mass is 35.5. The molecule has 0 aliphatic carbocycles. The summed E-state index contributed by atoms with van der Waals surface area (Å²) in [6.07, 6.45) is 1.65. The van der Waals surface area contributed by atoms with Gasteiger partial charge in [0.15, 0.2) is 0 Å². The lowest BCUT2D eigenvalue weighted by Gasteiger charge is -2.12. The Kier molecular flexibility index (Phi) is 5.55. The summed E-state index contributed by atoms with van der Waals surface area (Å²) < 4.78 is 20.8. The second-order valence-electron chi connectivity index (χ2n) is 5.84. The molecule has 2 aromatic carbocycles. The Bertz CT molecular complexity index is 1140. The second kappa shape index (κ2) is 8.42. The van der Waals surface area contributed by atoms with E-state index < -0.39 is 5.82 Å². The summed E-state index contributed by atoms with van der Waals surface area (Å²) in [7, 11) is 0. The van der Waals surface area contributed by atoms with Gasteiger partial charge in [0.25, 0.3) is 0 Å². The molecule has 0 aliphatic rings. The van der Waals surface area contributed by atoms with Crippen LogP contribution >= 0.6 is 23.2 Å². The Balaban J connectivity index is 1.56. The van der Waals surface area contributed by atoms with Crippen LogP contribution < -0.4 is 10.1 Å². The Hall–Kier alpha value is -3.23. The van der Waals surface area contributed by atoms with Crippen molar-refractivity contribution >= 4 is 29.2 Å². The smallest absolute Gasteiger partial charge is 0.248 e. The van der Waals surface area contributed by atoms with Crippen LogP contribution in [0.4, 0.5) is 10.3 Å². The third kappa shape index (κ3) is 4.13. The Morgan fingerprint density at radius 1 is 1.00 bits per heavy atom. The summed E-state index contributed by atoms with van der Waals surface area (Å²) in [6.45, 7) is 0.357. The number of rotatable bonds is 6. The molecule has 4 aromatic rings. The van der Waals surface area contributed by atoms with Crippen molar-refractivity contribution < 1.29 is 9.13 Å². The molecule has 29 heavy (non-hydrogen) atoms. The van der Waals surface area contributed by atoms with Gasteiger partial charge in [0.1, 0.15) is 11.6 Å². The number of hydrogen-bond donors (Lipinski definition) is 1. The van der Waals surface area contributed by atoms with Crippen molar-refractivity contribution in [3.05, 3.63) is 82.2 Å². The third-order valence-electron chi connectivity index (χ3n) is 3.97. The first-order valence-corrected chi connectivity index (χ1v) is 9.22. The van der Waals surface area contributed by atoms with Crippen LogP contribution in [0.15, 0.2) is 60.8 Å². The minimum absolute atomic E-state index is 0.0147. The molecule has 4 rings (SSSR count). The van der Waals surface area contributed by atoms with E-state index in [9.17, 15) is 4.39 Å². The Morgan fingerprint density at radius 3 is 2.66 bits per heavy atom. The average molecular weight is 431 g/mol. The van der Waals surface area contributed by atoms with Crippen LogP contribution in [0, 0.1) is 5.82 Å². The molecular formula is C19H13Cl2FN6O. The van der Waals surface area contributed by atoms with Crippen molar-refractivity contribution in [2.75, 3.05) is 5.32 Å². The predicted molar refractivity (Wildman–Crippen MR) is 107 cm³/mol. The zero-order valence-corrected chi connectivity index (χ0v) is 16.3. The minimum atomic E-state index is -0.622. The lowest BCUT2D eigenvalue weighted by molar-refractivity contribution is 0.458. The fraction of sp³-hybridized carbons (Fsp3) is 0.0526. The van der Waals surface area contributed by atoms with Crippen LogP contribution in [-0.4, -0.2) is 25.2 Å². The molecule has 2 heterocycles. The van der Waals surface area contributed by atoms with Crippen LogP contribution in [0.1, 0.15) is 5.56 Å². The predicted octanol–water partition coefficient (Wildman–Crippen LogP) is 4.91. The van der Waals surface area contributed by atoms with E-state index in [-0.39, 0.29) is 10.0 Å². The number of nitrogens with one attached hydrogen (secondary N) is 1. The van der Waals surface area contributed by atoms with Gasteiger partial charge in [-0.3, -0.25) is 0 Å². The topological polar surface area (TPSA) is 77.8 Å². The summed E-state index contributed by atoms with van der Waals surface area (Å²) in [5, 5.41) is 14.5. The molecule has 2 aromatic heterocycles. The first kappa shape index (κ1) is 19.1. The van der Waals surface area contributed by atoms with Crippen molar-refractivity contribution in [1.82, 2.24) is 25.2 Å². The molecule has 0 atom stereocenters. The van der Waals surface area contributed by atoms with Crippen molar-refractivity contribution in [2.45, 2.75) is 6.54 Å². The molecule has 0 spiro atoms. The summed E-state index contributed by atoms with van der Waals surface area (Å²) in [4.78, 5) is 4.17. The molecule has 7 nitrogen and oxygen atoms in total. The molecule has 0 bridgehead atoms. The van der Waals surface area contributed by atoms with E-state index in [1.54, 1.807) is 12.3 Å². The zero-order chi connectivity index (χ0) is 20.2. The summed E-state index contributed by atoms with van der Waals surface area (Å²) >= 11 is 12.0. The maximum Gasteiger partial charge on any atom is 0.248 e. The van der Waals surface area contributed by atoms with E-state index in [2.05, 4.69) is 25.8 Å². The minimum Gasteiger partial charge on any atom is -0.439 e. The van der Waals surface area contributed by atoms with E-state index in [4.69, 9.17) is 27.9 Å². The fourth-order valence-corrected chi connectivity index (χ4v) is 2.98. The number of nitrogens with zero attached hydrogens (tertiary/aromatic N) is 5. The molecule has 146 valence electrons. The number of halogens is 3. The molecule has 0 radical (unpaired) electrons. The van der Waals surface area contributed by atoms with E-state index in [1.165, 1.54) is 16.8 Å². The lowest BCUT2D eigenvalue weighted by atomic mass is 10.2. The largest absolute Gasteiger partial charge is 0.439 e. The molecular weight excluding hydrogens is 418 g/mol. The highest BCUT2D eigenvalue weighted by Crippen LogP contribution is 2.32. The van der Waals surface area contributed by atoms with Gasteiger partial charge in [0.2, 0.25) is 11.8 Å². The van der Waals surface area contributed by atoms with E-state index in [0.29, 0.717) is 29.8 Å². The third-order valence-corrected chi connectivity index (χ3v) is 4.82. The summed E-state index contributed by atoms with van der Waals surface area (Å²) in [5.41, 5.74) is 1.21. The standard InChI is InChI=1S/C19H13Cl2FN6O/c20-17-13(22)8-9-14(18(17)21)28-19(25-26-27-28)24-11-12-5-1-2-6-15(12)29-16-7-3-4-10-23-16/h1-10H,11H2,(H,24,25,27). The molecule has 0 unspecified atom stereocenters. The van der Waals surface area contributed by atoms with Crippen LogP contribution in [0.25, 0.3) is 5.69 Å². The van der Waals surface area contributed by atoms with Gasteiger partial charge in [0, 0.05) is 24.4 Å². The average Bonchev–Trinajstić information content (AvgIpc) is 3.20. The Morgan fingerprint density at radius 2 is 1.83 bits per heavy atom. The fourth-order valence-electron chi connectivity index (χ4n) is 2.58. The number of tetrazole rings is 1. The summed E-state index contributed by atoms with van der Waals surface area (Å²) in [6, 6.07) is 15.6. The van der Waals surface area contributed by atoms with Crippen LogP contribution in [0.3, 0.4) is 0 Å². The summed E-state index contributed by atoms with van der Waals surface area (Å²) in [5.74, 6) is 0.809. The van der Waals surface area contributed by atoms with Crippen LogP contribution in [0.5, 0.6) is 11.6 Å². The molecule has 0 amide bonds. The maximum absolute atomic E-state index is 13.6. The number of ether oxygens (including phenoxy) is 1. The van der Waals surface area contributed by atoms with E-state index in [1.807, 2.05) is 36.4 Å². The Labute approximate surface area is 175 Å². The first-order chi connectivity index (χ1) is 14.1. The number of hydrogen-bond acceptors (Lipinski definition) is 6. The zero-order valence-electron chi connectivity index (χ0n) is 14.8. The van der Waals surface area contributed by atoms with Gasteiger partial charge < -0.3 is 10.1 Å². The van der Waals surface area contributed by atoms with Crippen molar-refractivity contribution in [1.29, 1.82) is 0 Å². The lowest BCUT2D eigenvalue weighted by Crippen LogP contribution is -2.09. The molecule has 0 saturated carbocycles. The van der Waals surface area contributed by atoms with Gasteiger partial charge >= 0.3 is 0 Å². The van der Waals surface area contributed by atoms with Gasteiger partial charge in [0.05, 0.1) is 15.7 Å². The van der Waals surface area contributed by atoms with Gasteiger partial charge in [-0.15, -0.1) is 0 Å². The monoisotopic (exact) mass is 430 g/mol. The maximum atomic E-state index is 13.6. The first-order valence-electron chi connectivity index (χ1n) is 8.46. The SMILES string of the molecule is Fc1ccc(-n2nnnc2NCc2ccccc2Oc2ccccn2)c(Cl)c1Cl. The normalized spacial score (nSPS) is 10.7. The van der Waals surface area contributed by atoms with Crippen LogP contribution in [-0.2, 0) is 6.54 Å². The number of anilines is 1. The highest BCUT2D eigenvalue weighted by Gasteiger charge is 2.16. The number of para-hydroxylation sites is 1. The van der Waals surface area contributed by atoms with E-state index in [0.717, 1.165) is 5.56 Å². The highest BCUT2D eigenvalue weighted by molar-refractivity contribution is 6.43. The molecule has 0 fully saturated rings. The van der Waals surface area contributed by atoms with Crippen molar-refractivity contribution in [3.63, 3.8) is 0 Å². The second-order valence-corrected chi connectivity index (χ2v) is 6.60. The van der Waals surface area contributed by atoms with Gasteiger partial charge in [-0.1, -0.05) is 52.6 Å². The number of pyridine rings is 1. The van der Waals surface area contributed by atoms with E-state index >= 15 is 0 Å². The molecule has 1 N–H and O–H groups in total. The van der Waals surface area contributed by atoms with Crippen LogP contribution in [0.2, 0.25) is 10.0 Å². The van der Waals surface area contributed by atoms with Gasteiger partial charge in [-0.25, -0.2) is 9.37 Å². The molecule has 0 saturated heterocycles. The number of aromatic nitrogens is 5. The molecule has 10 heteroatoms. The van der Waals surface area contributed by atoms with Crippen molar-refractivity contribution in [2.24, 2.45) is 0 Å². The van der Waals surface area contributed by atoms with Gasteiger partial charge in [-0.05, 0) is 34.7 Å². The molecule has 0 aliphatic heterocycles. The number of benzene rings is 2. The van der Waals surface area contributed by atoms with Gasteiger partial charge in [-0.2, -0.15) is 4.68 Å². The quantitative estimate of drug-likeness (QED) is 0.438.